The van der Waals surface area contributed by atoms with E-state index in [1.807, 2.05) is 0 Å². The normalized spacial score (nSPS) is 18.1. The smallest absolute Gasteiger partial charge is 0.387 e. The molecular formula is C22H24Cl2F2N2O5S2. The van der Waals surface area contributed by atoms with Crippen molar-refractivity contribution >= 4 is 54.4 Å². The minimum atomic E-state index is -3.02. The number of nitrogens with zero attached hydrogens (tertiary/aromatic N) is 1. The highest BCUT2D eigenvalue weighted by molar-refractivity contribution is 8.00. The highest BCUT2D eigenvalue weighted by atomic mass is 35.5. The SMILES string of the molecule is O=C(O[C@@H](Cc1c(Cl)c[n+]([O-])cc1Cl)c1ccc(OC(F)F)c(OCC2CC2)c1)C1NCCS1.S. The summed E-state index contributed by atoms with van der Waals surface area (Å²) in [7, 11) is 0. The standard InChI is InChI=1S/C22H22Cl2F2N2O5S.H2S/c23-15-9-28(30)10-16(24)14(15)8-18(32-21(29)20-27-5-6-34-20)13-3-4-17(33-22(25)26)19(7-13)31-11-12-1-2-12;/h3-4,7,9-10,12,18,20,22,27H,1-2,5-6,8,11H2;1H2/t18-,20?;/m0./s1. The predicted molar refractivity (Wildman–Crippen MR) is 134 cm³/mol. The quantitative estimate of drug-likeness (QED) is 0.254. The Morgan fingerprint density at radius 2 is 1.94 bits per heavy atom. The van der Waals surface area contributed by atoms with E-state index in [1.54, 1.807) is 0 Å². The van der Waals surface area contributed by atoms with Crippen molar-refractivity contribution in [1.82, 2.24) is 5.32 Å². The van der Waals surface area contributed by atoms with E-state index < -0.39 is 24.1 Å². The van der Waals surface area contributed by atoms with Gasteiger partial charge < -0.3 is 19.4 Å². The molecule has 2 fully saturated rings. The van der Waals surface area contributed by atoms with Crippen LogP contribution in [0.3, 0.4) is 0 Å². The largest absolute Gasteiger partial charge is 0.619 e. The number of carbonyl (C=O) groups excluding carboxylic acids is 1. The van der Waals surface area contributed by atoms with Crippen LogP contribution in [0, 0.1) is 11.1 Å². The third kappa shape index (κ3) is 7.66. The Morgan fingerprint density at radius 1 is 1.23 bits per heavy atom. The fourth-order valence-corrected chi connectivity index (χ4v) is 4.94. The van der Waals surface area contributed by atoms with Gasteiger partial charge in [0.1, 0.15) is 16.1 Å². The third-order valence-corrected chi connectivity index (χ3v) is 7.15. The number of alkyl halides is 2. The van der Waals surface area contributed by atoms with Crippen LogP contribution in [0.2, 0.25) is 10.0 Å². The number of hydrogen-bond acceptors (Lipinski definition) is 7. The molecule has 35 heavy (non-hydrogen) atoms. The molecule has 0 bridgehead atoms. The molecule has 7 nitrogen and oxygen atoms in total. The molecule has 192 valence electrons. The highest BCUT2D eigenvalue weighted by Gasteiger charge is 2.30. The second kappa shape index (κ2) is 12.5. The Bertz CT molecular complexity index is 1020. The molecule has 1 saturated carbocycles. The molecular weight excluding hydrogens is 545 g/mol. The van der Waals surface area contributed by atoms with Gasteiger partial charge in [-0.3, -0.25) is 5.32 Å². The van der Waals surface area contributed by atoms with Crippen molar-refractivity contribution in [2.45, 2.75) is 37.4 Å². The summed E-state index contributed by atoms with van der Waals surface area (Å²) < 4.78 is 42.5. The first-order valence-corrected chi connectivity index (χ1v) is 12.4. The Labute approximate surface area is 222 Å². The van der Waals surface area contributed by atoms with Gasteiger partial charge >= 0.3 is 12.6 Å². The zero-order chi connectivity index (χ0) is 24.2. The Balaban J connectivity index is 0.00000342. The first kappa shape index (κ1) is 27.9. The average molecular weight is 569 g/mol. The lowest BCUT2D eigenvalue weighted by molar-refractivity contribution is -0.605. The summed E-state index contributed by atoms with van der Waals surface area (Å²) in [5, 5.41) is 14.4. The minimum absolute atomic E-state index is 0. The van der Waals surface area contributed by atoms with E-state index in [0.29, 0.717) is 34.9 Å². The Morgan fingerprint density at radius 3 is 2.54 bits per heavy atom. The van der Waals surface area contributed by atoms with Crippen molar-refractivity contribution in [3.8, 4) is 11.5 Å². The summed E-state index contributed by atoms with van der Waals surface area (Å²) in [4.78, 5) is 12.8. The first-order chi connectivity index (χ1) is 16.3. The van der Waals surface area contributed by atoms with Crippen LogP contribution in [0.4, 0.5) is 8.78 Å². The van der Waals surface area contributed by atoms with Gasteiger partial charge in [0.2, 0.25) is 0 Å². The fraction of sp³-hybridized carbons (Fsp3) is 0.455. The van der Waals surface area contributed by atoms with Crippen LogP contribution in [0.5, 0.6) is 11.5 Å². The van der Waals surface area contributed by atoms with Gasteiger partial charge in [0.15, 0.2) is 29.3 Å². The monoisotopic (exact) mass is 568 g/mol. The number of nitrogens with one attached hydrogen (secondary N) is 1. The van der Waals surface area contributed by atoms with Crippen LogP contribution >= 0.6 is 48.5 Å². The number of pyridine rings is 1. The lowest BCUT2D eigenvalue weighted by Crippen LogP contribution is -2.32. The molecule has 1 aromatic heterocycles. The van der Waals surface area contributed by atoms with Crippen LogP contribution in [0.15, 0.2) is 30.6 Å². The molecule has 13 heteroatoms. The van der Waals surface area contributed by atoms with Gasteiger partial charge in [-0.25, -0.2) is 4.79 Å². The molecule has 2 aromatic rings. The van der Waals surface area contributed by atoms with E-state index in [1.165, 1.54) is 30.0 Å². The summed E-state index contributed by atoms with van der Waals surface area (Å²) in [5.74, 6) is 0.677. The maximum atomic E-state index is 12.9. The number of halogens is 4. The van der Waals surface area contributed by atoms with Gasteiger partial charge in [-0.1, -0.05) is 29.3 Å². The van der Waals surface area contributed by atoms with Gasteiger partial charge in [-0.15, -0.1) is 11.8 Å². The van der Waals surface area contributed by atoms with Crippen molar-refractivity contribution < 1.29 is 32.5 Å². The van der Waals surface area contributed by atoms with E-state index in [2.05, 4.69) is 10.1 Å². The lowest BCUT2D eigenvalue weighted by atomic mass is 10.0. The number of rotatable bonds is 10. The van der Waals surface area contributed by atoms with Gasteiger partial charge in [0.05, 0.1) is 6.61 Å². The maximum Gasteiger partial charge on any atom is 0.387 e. The molecule has 1 aliphatic carbocycles. The van der Waals surface area contributed by atoms with Crippen molar-refractivity contribution in [2.24, 2.45) is 5.92 Å². The van der Waals surface area contributed by atoms with E-state index in [9.17, 15) is 18.8 Å². The fourth-order valence-electron chi connectivity index (χ4n) is 3.44. The predicted octanol–water partition coefficient (Wildman–Crippen LogP) is 4.62. The van der Waals surface area contributed by atoms with Crippen LogP contribution in [0.1, 0.15) is 30.1 Å². The number of ether oxygens (including phenoxy) is 3. The first-order valence-electron chi connectivity index (χ1n) is 10.6. The molecule has 1 aliphatic heterocycles. The van der Waals surface area contributed by atoms with Crippen molar-refractivity contribution in [1.29, 1.82) is 0 Å². The summed E-state index contributed by atoms with van der Waals surface area (Å²) in [6, 6.07) is 4.39. The van der Waals surface area contributed by atoms with Gasteiger partial charge in [0, 0.05) is 24.3 Å². The lowest BCUT2D eigenvalue weighted by Gasteiger charge is -2.22. The number of carbonyl (C=O) groups is 1. The number of benzene rings is 1. The highest BCUT2D eigenvalue weighted by Crippen LogP contribution is 2.38. The zero-order valence-electron chi connectivity index (χ0n) is 18.3. The molecule has 1 unspecified atom stereocenters. The molecule has 1 aromatic carbocycles. The second-order valence-electron chi connectivity index (χ2n) is 7.97. The minimum Gasteiger partial charge on any atom is -0.619 e. The molecule has 0 spiro atoms. The van der Waals surface area contributed by atoms with Gasteiger partial charge in [-0.05, 0) is 36.5 Å². The van der Waals surface area contributed by atoms with Crippen LogP contribution < -0.4 is 19.5 Å². The summed E-state index contributed by atoms with van der Waals surface area (Å²) in [5.41, 5.74) is 0.892. The zero-order valence-corrected chi connectivity index (χ0v) is 21.7. The second-order valence-corrected chi connectivity index (χ2v) is 9.99. The topological polar surface area (TPSA) is 83.7 Å². The summed E-state index contributed by atoms with van der Waals surface area (Å²) in [6.45, 7) is -1.97. The maximum absolute atomic E-state index is 12.9. The van der Waals surface area contributed by atoms with Crippen molar-refractivity contribution in [3.63, 3.8) is 0 Å². The van der Waals surface area contributed by atoms with Gasteiger partial charge in [0.25, 0.3) is 0 Å². The Kier molecular flexibility index (Phi) is 10.00. The summed E-state index contributed by atoms with van der Waals surface area (Å²) >= 11 is 13.9. The number of esters is 1. The number of thioether (sulfide) groups is 1. The number of hydrogen-bond donors (Lipinski definition) is 1. The van der Waals surface area contributed by atoms with Gasteiger partial charge in [-0.2, -0.15) is 27.0 Å². The van der Waals surface area contributed by atoms with Crippen LogP contribution in [-0.2, 0) is 16.0 Å². The van der Waals surface area contributed by atoms with Crippen LogP contribution in [-0.4, -0.2) is 36.9 Å². The van der Waals surface area contributed by atoms with Crippen molar-refractivity contribution in [3.05, 3.63) is 57.0 Å². The number of aromatic nitrogens is 1. The van der Waals surface area contributed by atoms with E-state index >= 15 is 0 Å². The Hall–Kier alpha value is -1.66. The van der Waals surface area contributed by atoms with E-state index in [0.717, 1.165) is 31.0 Å². The van der Waals surface area contributed by atoms with E-state index in [-0.39, 0.29) is 41.5 Å². The molecule has 4 rings (SSSR count). The molecule has 2 atom stereocenters. The molecule has 0 amide bonds. The molecule has 2 heterocycles. The van der Waals surface area contributed by atoms with Crippen LogP contribution in [0.25, 0.3) is 0 Å². The van der Waals surface area contributed by atoms with Crippen molar-refractivity contribution in [2.75, 3.05) is 18.9 Å². The summed E-state index contributed by atoms with van der Waals surface area (Å²) in [6.07, 6.45) is 3.51. The molecule has 1 saturated heterocycles. The molecule has 2 aliphatic rings. The average Bonchev–Trinajstić information content (AvgIpc) is 3.44. The third-order valence-electron chi connectivity index (χ3n) is 5.36. The molecule has 1 N–H and O–H groups in total. The molecule has 0 radical (unpaired) electrons. The van der Waals surface area contributed by atoms with E-state index in [4.69, 9.17) is 32.7 Å².